The second kappa shape index (κ2) is 5.98. The molecule has 2 aromatic rings. The van der Waals surface area contributed by atoms with Crippen LogP contribution in [-0.2, 0) is 0 Å². The Morgan fingerprint density at radius 3 is 2.48 bits per heavy atom. The molecule has 1 aromatic heterocycles. The van der Waals surface area contributed by atoms with Crippen LogP contribution in [0.4, 0.5) is 13.2 Å². The first kappa shape index (κ1) is 14.9. The Balaban J connectivity index is 1.79. The van der Waals surface area contributed by atoms with Gasteiger partial charge >= 0.3 is 5.51 Å². The van der Waals surface area contributed by atoms with E-state index in [1.165, 1.54) is 12.1 Å². The molecule has 0 radical (unpaired) electrons. The summed E-state index contributed by atoms with van der Waals surface area (Å²) >= 11 is 1.46. The van der Waals surface area contributed by atoms with Gasteiger partial charge in [-0.3, -0.25) is 0 Å². The Kier molecular flexibility index (Phi) is 4.24. The molecule has 0 aliphatic heterocycles. The standard InChI is InChI=1S/C14H13F3N2S2/c15-14(16,17)21-11-5-1-9(2-6-11)12(19-10-3-4-10)13-18-7-8-20-13/h1-2,5-8,10,12,19H,3-4H2. The lowest BCUT2D eigenvalue weighted by molar-refractivity contribution is -0.0328. The van der Waals surface area contributed by atoms with Crippen LogP contribution in [0, 0.1) is 0 Å². The number of hydrogen-bond donors (Lipinski definition) is 1. The van der Waals surface area contributed by atoms with Gasteiger partial charge in [-0.05, 0) is 42.3 Å². The molecule has 3 rings (SSSR count). The van der Waals surface area contributed by atoms with E-state index in [9.17, 15) is 13.2 Å². The van der Waals surface area contributed by atoms with Gasteiger partial charge in [-0.1, -0.05) is 12.1 Å². The molecule has 1 aliphatic carbocycles. The van der Waals surface area contributed by atoms with E-state index >= 15 is 0 Å². The predicted molar refractivity (Wildman–Crippen MR) is 78.5 cm³/mol. The number of thiazole rings is 1. The molecule has 1 saturated carbocycles. The van der Waals surface area contributed by atoms with Crippen molar-refractivity contribution in [2.24, 2.45) is 0 Å². The summed E-state index contributed by atoms with van der Waals surface area (Å²) in [7, 11) is 0. The van der Waals surface area contributed by atoms with Crippen LogP contribution in [0.3, 0.4) is 0 Å². The summed E-state index contributed by atoms with van der Waals surface area (Å²) in [6.45, 7) is 0. The minimum atomic E-state index is -4.25. The van der Waals surface area contributed by atoms with Crippen LogP contribution in [0.5, 0.6) is 0 Å². The Morgan fingerprint density at radius 2 is 1.95 bits per heavy atom. The van der Waals surface area contributed by atoms with Crippen molar-refractivity contribution in [3.8, 4) is 0 Å². The molecule has 1 atom stereocenters. The van der Waals surface area contributed by atoms with E-state index in [0.717, 1.165) is 23.4 Å². The fourth-order valence-corrected chi connectivity index (χ4v) is 3.30. The first-order valence-corrected chi connectivity index (χ1v) is 8.22. The van der Waals surface area contributed by atoms with Crippen molar-refractivity contribution in [2.75, 3.05) is 0 Å². The molecule has 0 spiro atoms. The van der Waals surface area contributed by atoms with Gasteiger partial charge in [-0.25, -0.2) is 4.98 Å². The Bertz CT molecular complexity index is 577. The number of aromatic nitrogens is 1. The van der Waals surface area contributed by atoms with Gasteiger partial charge in [-0.2, -0.15) is 13.2 Å². The van der Waals surface area contributed by atoms with Crippen molar-refractivity contribution in [2.45, 2.75) is 35.3 Å². The second-order valence-electron chi connectivity index (χ2n) is 4.86. The van der Waals surface area contributed by atoms with Gasteiger partial charge in [-0.15, -0.1) is 11.3 Å². The van der Waals surface area contributed by atoms with E-state index in [4.69, 9.17) is 0 Å². The molecule has 1 N–H and O–H groups in total. The number of nitrogens with zero attached hydrogens (tertiary/aromatic N) is 1. The van der Waals surface area contributed by atoms with E-state index < -0.39 is 5.51 Å². The molecule has 1 aromatic carbocycles. The maximum Gasteiger partial charge on any atom is 0.446 e. The summed E-state index contributed by atoms with van der Waals surface area (Å²) in [5, 5.41) is 6.35. The lowest BCUT2D eigenvalue weighted by Crippen LogP contribution is -2.24. The highest BCUT2D eigenvalue weighted by molar-refractivity contribution is 8.00. The molecule has 1 heterocycles. The molecule has 21 heavy (non-hydrogen) atoms. The average Bonchev–Trinajstić information content (AvgIpc) is 3.08. The average molecular weight is 330 g/mol. The third kappa shape index (κ3) is 4.21. The topological polar surface area (TPSA) is 24.9 Å². The number of thioether (sulfide) groups is 1. The van der Waals surface area contributed by atoms with Gasteiger partial charge in [0.2, 0.25) is 0 Å². The van der Waals surface area contributed by atoms with Crippen LogP contribution in [0.15, 0.2) is 40.7 Å². The van der Waals surface area contributed by atoms with Crippen LogP contribution in [-0.4, -0.2) is 16.5 Å². The maximum absolute atomic E-state index is 12.3. The summed E-state index contributed by atoms with van der Waals surface area (Å²) in [4.78, 5) is 4.53. The van der Waals surface area contributed by atoms with Gasteiger partial charge in [0, 0.05) is 22.5 Å². The number of benzene rings is 1. The maximum atomic E-state index is 12.3. The third-order valence-electron chi connectivity index (χ3n) is 3.13. The van der Waals surface area contributed by atoms with E-state index in [1.807, 2.05) is 5.38 Å². The SMILES string of the molecule is FC(F)(F)Sc1ccc(C(NC2CC2)c2nccs2)cc1. The van der Waals surface area contributed by atoms with Gasteiger partial charge in [0.25, 0.3) is 0 Å². The number of halogens is 3. The predicted octanol–water partition coefficient (Wildman–Crippen LogP) is 4.60. The van der Waals surface area contributed by atoms with Crippen molar-refractivity contribution in [1.29, 1.82) is 0 Å². The highest BCUT2D eigenvalue weighted by Gasteiger charge is 2.30. The molecule has 0 bridgehead atoms. The molecule has 1 unspecified atom stereocenters. The molecule has 112 valence electrons. The molecule has 1 fully saturated rings. The molecule has 0 amide bonds. The van der Waals surface area contributed by atoms with Crippen LogP contribution in [0.1, 0.15) is 29.5 Å². The van der Waals surface area contributed by atoms with Gasteiger partial charge in [0.15, 0.2) is 0 Å². The first-order valence-electron chi connectivity index (χ1n) is 6.52. The number of hydrogen-bond acceptors (Lipinski definition) is 4. The Hall–Kier alpha value is -1.05. The Morgan fingerprint density at radius 1 is 1.24 bits per heavy atom. The van der Waals surface area contributed by atoms with E-state index in [-0.39, 0.29) is 22.7 Å². The van der Waals surface area contributed by atoms with Crippen LogP contribution >= 0.6 is 23.1 Å². The van der Waals surface area contributed by atoms with Crippen molar-refractivity contribution < 1.29 is 13.2 Å². The normalized spacial score (nSPS) is 16.9. The zero-order chi connectivity index (χ0) is 14.9. The number of nitrogens with one attached hydrogen (secondary N) is 1. The van der Waals surface area contributed by atoms with Gasteiger partial charge in [0.05, 0.1) is 6.04 Å². The smallest absolute Gasteiger partial charge is 0.301 e. The Labute approximate surface area is 128 Å². The van der Waals surface area contributed by atoms with Crippen LogP contribution in [0.2, 0.25) is 0 Å². The fourth-order valence-electron chi connectivity index (χ4n) is 2.03. The number of alkyl halides is 3. The minimum Gasteiger partial charge on any atom is -0.301 e. The van der Waals surface area contributed by atoms with Gasteiger partial charge < -0.3 is 5.32 Å². The highest BCUT2D eigenvalue weighted by Crippen LogP contribution is 2.37. The lowest BCUT2D eigenvalue weighted by Gasteiger charge is -2.17. The van der Waals surface area contributed by atoms with Crippen molar-refractivity contribution >= 4 is 23.1 Å². The van der Waals surface area contributed by atoms with E-state index in [0.29, 0.717) is 6.04 Å². The largest absolute Gasteiger partial charge is 0.446 e. The lowest BCUT2D eigenvalue weighted by atomic mass is 10.1. The van der Waals surface area contributed by atoms with E-state index in [2.05, 4.69) is 10.3 Å². The van der Waals surface area contributed by atoms with Gasteiger partial charge in [0.1, 0.15) is 5.01 Å². The summed E-state index contributed by atoms with van der Waals surface area (Å²) in [6, 6.07) is 6.97. The molecule has 0 saturated heterocycles. The zero-order valence-electron chi connectivity index (χ0n) is 10.9. The zero-order valence-corrected chi connectivity index (χ0v) is 12.6. The quantitative estimate of drug-likeness (QED) is 0.811. The van der Waals surface area contributed by atoms with Crippen molar-refractivity contribution in [3.05, 3.63) is 46.4 Å². The molecule has 7 heteroatoms. The monoisotopic (exact) mass is 330 g/mol. The highest BCUT2D eigenvalue weighted by atomic mass is 32.2. The second-order valence-corrected chi connectivity index (χ2v) is 6.93. The molecular formula is C14H13F3N2S2. The van der Waals surface area contributed by atoms with Crippen LogP contribution in [0.25, 0.3) is 0 Å². The molecule has 1 aliphatic rings. The molecule has 2 nitrogen and oxygen atoms in total. The summed E-state index contributed by atoms with van der Waals surface area (Å²) in [5.41, 5.74) is -3.30. The number of rotatable bonds is 5. The summed E-state index contributed by atoms with van der Waals surface area (Å²) in [6.07, 6.45) is 4.03. The minimum absolute atomic E-state index is 0.0394. The third-order valence-corrected chi connectivity index (χ3v) is 4.70. The summed E-state index contributed by atoms with van der Waals surface area (Å²) < 4.78 is 37.0. The van der Waals surface area contributed by atoms with Crippen molar-refractivity contribution in [3.63, 3.8) is 0 Å². The fraction of sp³-hybridized carbons (Fsp3) is 0.357. The van der Waals surface area contributed by atoms with Crippen molar-refractivity contribution in [1.82, 2.24) is 10.3 Å². The summed E-state index contributed by atoms with van der Waals surface area (Å²) in [5.74, 6) is 0. The molecular weight excluding hydrogens is 317 g/mol. The van der Waals surface area contributed by atoms with Crippen LogP contribution < -0.4 is 5.32 Å². The van der Waals surface area contributed by atoms with E-state index in [1.54, 1.807) is 29.7 Å². The first-order chi connectivity index (χ1) is 10.0.